The smallest absolute Gasteiger partial charge is 0.324 e. The maximum absolute atomic E-state index is 14.7. The van der Waals surface area contributed by atoms with Gasteiger partial charge in [0.1, 0.15) is 11.9 Å². The Morgan fingerprint density at radius 3 is 2.71 bits per heavy atom. The lowest BCUT2D eigenvalue weighted by molar-refractivity contribution is 0.157. The summed E-state index contributed by atoms with van der Waals surface area (Å²) in [6.45, 7) is 14.4. The second kappa shape index (κ2) is 8.74. The van der Waals surface area contributed by atoms with E-state index in [1.54, 1.807) is 28.9 Å². The van der Waals surface area contributed by atoms with Crippen molar-refractivity contribution in [1.82, 2.24) is 24.7 Å². The third-order valence-electron chi connectivity index (χ3n) is 5.96. The predicted molar refractivity (Wildman–Crippen MR) is 124 cm³/mol. The number of benzene rings is 1. The van der Waals surface area contributed by atoms with E-state index in [9.17, 15) is 4.39 Å². The van der Waals surface area contributed by atoms with Gasteiger partial charge in [0.05, 0.1) is 17.8 Å². The van der Waals surface area contributed by atoms with Crippen molar-refractivity contribution in [2.24, 2.45) is 0 Å². The third-order valence-corrected chi connectivity index (χ3v) is 5.96. The Labute approximate surface area is 196 Å². The highest BCUT2D eigenvalue weighted by molar-refractivity contribution is 5.81. The van der Waals surface area contributed by atoms with Gasteiger partial charge in [-0.3, -0.25) is 0 Å². The van der Waals surface area contributed by atoms with Crippen molar-refractivity contribution in [3.8, 4) is 17.0 Å². The first kappa shape index (κ1) is 21.8. The van der Waals surface area contributed by atoms with E-state index < -0.39 is 5.82 Å². The molecule has 0 atom stereocenters. The van der Waals surface area contributed by atoms with Crippen molar-refractivity contribution >= 4 is 17.3 Å². The van der Waals surface area contributed by atoms with Gasteiger partial charge < -0.3 is 14.2 Å². The molecule has 0 spiro atoms. The summed E-state index contributed by atoms with van der Waals surface area (Å²) in [5.74, 6) is 0.996. The van der Waals surface area contributed by atoms with Crippen LogP contribution in [-0.2, 0) is 0 Å². The van der Waals surface area contributed by atoms with Gasteiger partial charge in [-0.05, 0) is 13.0 Å². The fraction of sp³-hybridized carbons (Fsp3) is 0.375. The molecule has 9 nitrogen and oxygen atoms in total. The fourth-order valence-electron chi connectivity index (χ4n) is 4.14. The second-order valence-electron chi connectivity index (χ2n) is 8.65. The topological polar surface area (TPSA) is 85.9 Å². The molecular formula is C24H24FN7O2. The molecule has 1 saturated heterocycles. The number of ether oxygens (including phenoxy) is 1. The van der Waals surface area contributed by atoms with Crippen LogP contribution in [0.5, 0.6) is 5.88 Å². The lowest BCUT2D eigenvalue weighted by Crippen LogP contribution is -2.38. The van der Waals surface area contributed by atoms with Crippen LogP contribution in [0.1, 0.15) is 44.1 Å². The summed E-state index contributed by atoms with van der Waals surface area (Å²) in [7, 11) is 0. The zero-order valence-corrected chi connectivity index (χ0v) is 19.2. The van der Waals surface area contributed by atoms with Crippen molar-refractivity contribution in [3.63, 3.8) is 0 Å². The zero-order chi connectivity index (χ0) is 23.8. The van der Waals surface area contributed by atoms with Crippen molar-refractivity contribution in [1.29, 1.82) is 0 Å². The molecule has 34 heavy (non-hydrogen) atoms. The molecule has 1 aliphatic rings. The van der Waals surface area contributed by atoms with E-state index in [1.165, 1.54) is 6.07 Å². The average Bonchev–Trinajstić information content (AvgIpc) is 3.45. The standard InChI is InChI=1S/C24H24FN7O2/c1-14(2)22-28-24(34-30-22)31-11-8-17(9-12-31)33-20-7-10-27-23-21(15(3)29-32(20)23)18-6-5-16(26-4)13-19(18)25/h5-7,10,13-14,17H,8-9,11-12H2,1-3H3. The van der Waals surface area contributed by atoms with Gasteiger partial charge >= 0.3 is 6.01 Å². The summed E-state index contributed by atoms with van der Waals surface area (Å²) in [4.78, 5) is 14.3. The number of hydrogen-bond acceptors (Lipinski definition) is 7. The Morgan fingerprint density at radius 2 is 2.03 bits per heavy atom. The van der Waals surface area contributed by atoms with E-state index in [2.05, 4.69) is 30.0 Å². The molecule has 5 rings (SSSR count). The second-order valence-corrected chi connectivity index (χ2v) is 8.65. The first-order chi connectivity index (χ1) is 16.4. The molecule has 1 aromatic carbocycles. The summed E-state index contributed by atoms with van der Waals surface area (Å²) in [5.41, 5.74) is 2.34. The Hall–Kier alpha value is -4.00. The molecule has 0 radical (unpaired) electrons. The van der Waals surface area contributed by atoms with Gasteiger partial charge in [-0.2, -0.15) is 14.6 Å². The zero-order valence-electron chi connectivity index (χ0n) is 19.2. The molecule has 10 heteroatoms. The fourth-order valence-corrected chi connectivity index (χ4v) is 4.14. The number of piperidine rings is 1. The lowest BCUT2D eigenvalue weighted by Gasteiger charge is -2.30. The molecule has 0 unspecified atom stereocenters. The van der Waals surface area contributed by atoms with Crippen LogP contribution >= 0.6 is 0 Å². The summed E-state index contributed by atoms with van der Waals surface area (Å²) >= 11 is 0. The summed E-state index contributed by atoms with van der Waals surface area (Å²) in [6.07, 6.45) is 3.19. The van der Waals surface area contributed by atoms with Gasteiger partial charge in [0.15, 0.2) is 17.2 Å². The molecule has 3 aromatic heterocycles. The highest BCUT2D eigenvalue weighted by Gasteiger charge is 2.26. The van der Waals surface area contributed by atoms with E-state index in [-0.39, 0.29) is 17.7 Å². The van der Waals surface area contributed by atoms with Gasteiger partial charge in [0.25, 0.3) is 0 Å². The minimum Gasteiger partial charge on any atom is -0.474 e. The average molecular weight is 462 g/mol. The quantitative estimate of drug-likeness (QED) is 0.389. The molecule has 4 heterocycles. The number of hydrogen-bond donors (Lipinski definition) is 0. The van der Waals surface area contributed by atoms with Gasteiger partial charge in [0.2, 0.25) is 5.88 Å². The SMILES string of the molecule is [C-]#[N+]c1ccc(-c2c(C)nn3c(OC4CCN(c5nc(C(C)C)no5)CC4)ccnc23)c(F)c1. The van der Waals surface area contributed by atoms with E-state index in [0.717, 1.165) is 25.9 Å². The first-order valence-corrected chi connectivity index (χ1v) is 11.2. The number of anilines is 1. The minimum absolute atomic E-state index is 0.0167. The third kappa shape index (κ3) is 3.94. The number of nitrogens with zero attached hydrogens (tertiary/aromatic N) is 7. The molecule has 0 saturated carbocycles. The number of fused-ring (bicyclic) bond motifs is 1. The highest BCUT2D eigenvalue weighted by Crippen LogP contribution is 2.33. The highest BCUT2D eigenvalue weighted by atomic mass is 19.1. The van der Waals surface area contributed by atoms with Crippen molar-refractivity contribution in [2.75, 3.05) is 18.0 Å². The van der Waals surface area contributed by atoms with Gasteiger partial charge in [-0.15, -0.1) is 0 Å². The van der Waals surface area contributed by atoms with E-state index in [4.69, 9.17) is 15.8 Å². The van der Waals surface area contributed by atoms with Crippen LogP contribution in [0.2, 0.25) is 0 Å². The van der Waals surface area contributed by atoms with Crippen LogP contribution in [0, 0.1) is 19.3 Å². The van der Waals surface area contributed by atoms with E-state index in [0.29, 0.717) is 40.2 Å². The lowest BCUT2D eigenvalue weighted by atomic mass is 10.1. The van der Waals surface area contributed by atoms with E-state index in [1.807, 2.05) is 20.8 Å². The van der Waals surface area contributed by atoms with Crippen LogP contribution in [0.4, 0.5) is 16.1 Å². The van der Waals surface area contributed by atoms with Crippen molar-refractivity contribution in [2.45, 2.75) is 45.6 Å². The number of aryl methyl sites for hydroxylation is 1. The van der Waals surface area contributed by atoms with Gasteiger partial charge in [0, 0.05) is 49.7 Å². The monoisotopic (exact) mass is 461 g/mol. The molecular weight excluding hydrogens is 437 g/mol. The number of rotatable bonds is 5. The van der Waals surface area contributed by atoms with Crippen molar-refractivity contribution in [3.05, 3.63) is 59.2 Å². The summed E-state index contributed by atoms with van der Waals surface area (Å²) in [5, 5.41) is 8.62. The van der Waals surface area contributed by atoms with Crippen LogP contribution in [0.15, 0.2) is 35.0 Å². The maximum atomic E-state index is 14.7. The molecule has 1 fully saturated rings. The van der Waals surface area contributed by atoms with Crippen LogP contribution in [-0.4, -0.2) is 43.9 Å². The Bertz CT molecular complexity index is 1380. The van der Waals surface area contributed by atoms with E-state index >= 15 is 0 Å². The Balaban J connectivity index is 1.35. The van der Waals surface area contributed by atoms with Crippen LogP contribution < -0.4 is 9.64 Å². The predicted octanol–water partition coefficient (Wildman–Crippen LogP) is 4.95. The van der Waals surface area contributed by atoms with Crippen molar-refractivity contribution < 1.29 is 13.7 Å². The molecule has 0 bridgehead atoms. The molecule has 0 aliphatic carbocycles. The summed E-state index contributed by atoms with van der Waals surface area (Å²) in [6, 6.07) is 6.73. The minimum atomic E-state index is -0.478. The molecule has 4 aromatic rings. The van der Waals surface area contributed by atoms with Gasteiger partial charge in [-0.25, -0.2) is 14.2 Å². The number of aromatic nitrogens is 5. The molecule has 0 amide bonds. The Morgan fingerprint density at radius 1 is 1.24 bits per heavy atom. The van der Waals surface area contributed by atoms with Crippen LogP contribution in [0.25, 0.3) is 21.6 Å². The normalized spacial score (nSPS) is 14.6. The Kier molecular flexibility index (Phi) is 5.61. The first-order valence-electron chi connectivity index (χ1n) is 11.2. The summed E-state index contributed by atoms with van der Waals surface area (Å²) < 4.78 is 28.1. The number of halogens is 1. The largest absolute Gasteiger partial charge is 0.474 e. The molecule has 0 N–H and O–H groups in total. The molecule has 1 aliphatic heterocycles. The molecule has 174 valence electrons. The van der Waals surface area contributed by atoms with Crippen LogP contribution in [0.3, 0.4) is 0 Å². The van der Waals surface area contributed by atoms with Gasteiger partial charge in [-0.1, -0.05) is 31.1 Å². The maximum Gasteiger partial charge on any atom is 0.324 e.